The van der Waals surface area contributed by atoms with Crippen molar-refractivity contribution in [2.24, 2.45) is 0 Å². The molecule has 0 bridgehead atoms. The number of ketones is 1. The smallest absolute Gasteiger partial charge is 0.185 e. The number of phenolic OH excluding ortho intramolecular Hbond substituents is 1. The van der Waals surface area contributed by atoms with E-state index in [1.165, 1.54) is 19.3 Å². The Morgan fingerprint density at radius 2 is 1.90 bits per heavy atom. The highest BCUT2D eigenvalue weighted by atomic mass is 127. The van der Waals surface area contributed by atoms with Gasteiger partial charge in [0.1, 0.15) is 0 Å². The number of hydrogen-bond donors (Lipinski definition) is 1. The maximum atomic E-state index is 12.0. The highest BCUT2D eigenvalue weighted by Gasteiger charge is 2.03. The molecule has 0 spiro atoms. The zero-order valence-corrected chi connectivity index (χ0v) is 13.0. The van der Waals surface area contributed by atoms with E-state index in [-0.39, 0.29) is 11.5 Å². The molecule has 1 N–H and O–H groups in total. The van der Waals surface area contributed by atoms with Gasteiger partial charge in [-0.05, 0) is 58.5 Å². The Morgan fingerprint density at radius 3 is 2.55 bits per heavy atom. The van der Waals surface area contributed by atoms with E-state index in [1.807, 2.05) is 12.1 Å². The first kappa shape index (κ1) is 14.6. The monoisotopic (exact) mass is 380 g/mol. The van der Waals surface area contributed by atoms with Crippen LogP contribution in [0.3, 0.4) is 0 Å². The summed E-state index contributed by atoms with van der Waals surface area (Å²) in [5.41, 5.74) is 1.44. The van der Waals surface area contributed by atoms with Gasteiger partial charge in [0.05, 0.1) is 7.11 Å². The van der Waals surface area contributed by atoms with Crippen LogP contribution in [0, 0.1) is 3.57 Å². The molecule has 2 rings (SSSR count). The fourth-order valence-electron chi connectivity index (χ4n) is 1.68. The molecule has 0 amide bonds. The van der Waals surface area contributed by atoms with Gasteiger partial charge < -0.3 is 9.84 Å². The Labute approximate surface area is 131 Å². The van der Waals surface area contributed by atoms with E-state index in [0.717, 1.165) is 9.13 Å². The van der Waals surface area contributed by atoms with E-state index in [2.05, 4.69) is 22.6 Å². The number of phenols is 1. The minimum absolute atomic E-state index is 0.0616. The fourth-order valence-corrected chi connectivity index (χ4v) is 2.04. The number of rotatable bonds is 4. The van der Waals surface area contributed by atoms with Crippen LogP contribution < -0.4 is 4.74 Å². The lowest BCUT2D eigenvalue weighted by Crippen LogP contribution is -1.93. The van der Waals surface area contributed by atoms with Crippen LogP contribution in [0.4, 0.5) is 0 Å². The van der Waals surface area contributed by atoms with E-state index in [9.17, 15) is 9.90 Å². The van der Waals surface area contributed by atoms with Crippen molar-refractivity contribution in [1.29, 1.82) is 0 Å². The predicted molar refractivity (Wildman–Crippen MR) is 87.2 cm³/mol. The van der Waals surface area contributed by atoms with Gasteiger partial charge in [0.2, 0.25) is 0 Å². The molecule has 102 valence electrons. The summed E-state index contributed by atoms with van der Waals surface area (Å²) >= 11 is 2.19. The molecule has 0 saturated carbocycles. The molecule has 0 saturated heterocycles. The number of ether oxygens (including phenoxy) is 1. The summed E-state index contributed by atoms with van der Waals surface area (Å²) in [6, 6.07) is 12.3. The van der Waals surface area contributed by atoms with E-state index in [0.29, 0.717) is 11.3 Å². The summed E-state index contributed by atoms with van der Waals surface area (Å²) in [5, 5.41) is 9.50. The van der Waals surface area contributed by atoms with Gasteiger partial charge in [0.25, 0.3) is 0 Å². The Morgan fingerprint density at radius 1 is 1.20 bits per heavy atom. The molecular formula is C16H13IO3. The normalized spacial score (nSPS) is 10.7. The third kappa shape index (κ3) is 3.60. The first-order valence-electron chi connectivity index (χ1n) is 5.95. The van der Waals surface area contributed by atoms with E-state index < -0.39 is 0 Å². The number of allylic oxidation sites excluding steroid dienone is 1. The van der Waals surface area contributed by atoms with Crippen LogP contribution in [-0.2, 0) is 0 Å². The zero-order chi connectivity index (χ0) is 14.5. The van der Waals surface area contributed by atoms with Gasteiger partial charge in [-0.1, -0.05) is 24.3 Å². The molecule has 0 heterocycles. The molecule has 0 aliphatic rings. The average Bonchev–Trinajstić information content (AvgIpc) is 2.46. The van der Waals surface area contributed by atoms with Gasteiger partial charge in [-0.15, -0.1) is 0 Å². The number of benzene rings is 2. The molecule has 0 unspecified atom stereocenters. The maximum Gasteiger partial charge on any atom is 0.185 e. The highest BCUT2D eigenvalue weighted by Crippen LogP contribution is 2.26. The number of halogens is 1. The van der Waals surface area contributed by atoms with Crippen molar-refractivity contribution in [3.8, 4) is 11.5 Å². The molecule has 2 aromatic rings. The SMILES string of the molecule is COc1cc(C=CC(=O)c2ccc(I)cc2)ccc1O. The summed E-state index contributed by atoms with van der Waals surface area (Å²) in [5.74, 6) is 0.399. The first-order valence-corrected chi connectivity index (χ1v) is 7.03. The molecule has 0 radical (unpaired) electrons. The molecule has 0 atom stereocenters. The maximum absolute atomic E-state index is 12.0. The predicted octanol–water partition coefficient (Wildman–Crippen LogP) is 3.90. The molecule has 2 aromatic carbocycles. The molecule has 4 heteroatoms. The number of aromatic hydroxyl groups is 1. The number of hydrogen-bond acceptors (Lipinski definition) is 3. The quantitative estimate of drug-likeness (QED) is 0.497. The standard InChI is InChI=1S/C16H13IO3/c1-20-16-10-11(3-9-15(16)19)2-8-14(18)12-4-6-13(17)7-5-12/h2-10,19H,1H3. The van der Waals surface area contributed by atoms with E-state index in [1.54, 1.807) is 30.3 Å². The third-order valence-corrected chi connectivity index (χ3v) is 3.48. The summed E-state index contributed by atoms with van der Waals surface area (Å²) < 4.78 is 6.11. The van der Waals surface area contributed by atoms with Gasteiger partial charge in [0.15, 0.2) is 17.3 Å². The molecule has 0 aromatic heterocycles. The van der Waals surface area contributed by atoms with Crippen molar-refractivity contribution >= 4 is 34.5 Å². The van der Waals surface area contributed by atoms with Crippen LogP contribution in [-0.4, -0.2) is 18.0 Å². The first-order chi connectivity index (χ1) is 9.60. The lowest BCUT2D eigenvalue weighted by molar-refractivity contribution is 0.104. The molecule has 0 fully saturated rings. The molecule has 20 heavy (non-hydrogen) atoms. The minimum Gasteiger partial charge on any atom is -0.504 e. The van der Waals surface area contributed by atoms with Crippen LogP contribution in [0.1, 0.15) is 15.9 Å². The van der Waals surface area contributed by atoms with Crippen LogP contribution in [0.25, 0.3) is 6.08 Å². The van der Waals surface area contributed by atoms with Crippen molar-refractivity contribution in [3.05, 3.63) is 63.2 Å². The van der Waals surface area contributed by atoms with Crippen molar-refractivity contribution in [1.82, 2.24) is 0 Å². The lowest BCUT2D eigenvalue weighted by atomic mass is 10.1. The average molecular weight is 380 g/mol. The van der Waals surface area contributed by atoms with E-state index >= 15 is 0 Å². The zero-order valence-electron chi connectivity index (χ0n) is 10.8. The Kier molecular flexibility index (Phi) is 4.79. The second kappa shape index (κ2) is 6.56. The lowest BCUT2D eigenvalue weighted by Gasteiger charge is -2.03. The Balaban J connectivity index is 2.16. The largest absolute Gasteiger partial charge is 0.504 e. The van der Waals surface area contributed by atoms with Crippen molar-refractivity contribution in [2.75, 3.05) is 7.11 Å². The van der Waals surface area contributed by atoms with Gasteiger partial charge in [-0.3, -0.25) is 4.79 Å². The number of carbonyl (C=O) groups excluding carboxylic acids is 1. The van der Waals surface area contributed by atoms with Gasteiger partial charge in [0, 0.05) is 9.13 Å². The summed E-state index contributed by atoms with van der Waals surface area (Å²) in [7, 11) is 1.49. The second-order valence-corrected chi connectivity index (χ2v) is 5.38. The highest BCUT2D eigenvalue weighted by molar-refractivity contribution is 14.1. The van der Waals surface area contributed by atoms with Crippen molar-refractivity contribution in [2.45, 2.75) is 0 Å². The summed E-state index contributed by atoms with van der Waals surface area (Å²) in [6.45, 7) is 0. The van der Waals surface area contributed by atoms with Gasteiger partial charge >= 0.3 is 0 Å². The summed E-state index contributed by atoms with van der Waals surface area (Å²) in [4.78, 5) is 12.0. The molecule has 0 aliphatic carbocycles. The Hall–Kier alpha value is -1.82. The Bertz CT molecular complexity index is 645. The second-order valence-electron chi connectivity index (χ2n) is 4.14. The molecule has 3 nitrogen and oxygen atoms in total. The van der Waals surface area contributed by atoms with Gasteiger partial charge in [-0.25, -0.2) is 0 Å². The van der Waals surface area contributed by atoms with Crippen molar-refractivity contribution in [3.63, 3.8) is 0 Å². The van der Waals surface area contributed by atoms with Crippen LogP contribution in [0.15, 0.2) is 48.5 Å². The van der Waals surface area contributed by atoms with Gasteiger partial charge in [-0.2, -0.15) is 0 Å². The molecular weight excluding hydrogens is 367 g/mol. The molecule has 0 aliphatic heterocycles. The van der Waals surface area contributed by atoms with Crippen LogP contribution in [0.2, 0.25) is 0 Å². The topological polar surface area (TPSA) is 46.5 Å². The third-order valence-electron chi connectivity index (χ3n) is 2.76. The van der Waals surface area contributed by atoms with Crippen LogP contribution >= 0.6 is 22.6 Å². The number of methoxy groups -OCH3 is 1. The summed E-state index contributed by atoms with van der Waals surface area (Å²) in [6.07, 6.45) is 3.20. The number of carbonyl (C=O) groups is 1. The fraction of sp³-hybridized carbons (Fsp3) is 0.0625. The van der Waals surface area contributed by atoms with E-state index in [4.69, 9.17) is 4.74 Å². The van der Waals surface area contributed by atoms with Crippen LogP contribution in [0.5, 0.6) is 11.5 Å². The van der Waals surface area contributed by atoms with Crippen molar-refractivity contribution < 1.29 is 14.6 Å². The minimum atomic E-state index is -0.0616.